The van der Waals surface area contributed by atoms with Crippen LogP contribution in [-0.2, 0) is 9.53 Å². The van der Waals surface area contributed by atoms with Crippen molar-refractivity contribution in [3.05, 3.63) is 0 Å². The predicted molar refractivity (Wildman–Crippen MR) is 75.6 cm³/mol. The third-order valence-corrected chi connectivity index (χ3v) is 3.32. The number of hydrogen-bond acceptors (Lipinski definition) is 3. The van der Waals surface area contributed by atoms with Gasteiger partial charge in [0.25, 0.3) is 0 Å². The second-order valence-corrected chi connectivity index (χ2v) is 5.77. The minimum absolute atomic E-state index is 0.0201. The summed E-state index contributed by atoms with van der Waals surface area (Å²) >= 11 is 0. The van der Waals surface area contributed by atoms with Crippen molar-refractivity contribution in [2.75, 3.05) is 19.8 Å². The van der Waals surface area contributed by atoms with Gasteiger partial charge in [-0.25, -0.2) is 4.79 Å². The van der Waals surface area contributed by atoms with Gasteiger partial charge in [-0.3, -0.25) is 4.79 Å². The first kappa shape index (κ1) is 16.8. The molecule has 0 aliphatic heterocycles. The Morgan fingerprint density at radius 2 is 2.10 bits per heavy atom. The molecule has 1 fully saturated rings. The van der Waals surface area contributed by atoms with Crippen LogP contribution in [0.2, 0.25) is 0 Å². The summed E-state index contributed by atoms with van der Waals surface area (Å²) in [6, 6.07) is -0.238. The number of ether oxygens (including phenoxy) is 1. The van der Waals surface area contributed by atoms with Gasteiger partial charge in [0.2, 0.25) is 0 Å². The summed E-state index contributed by atoms with van der Waals surface area (Å²) < 4.78 is 5.41. The quantitative estimate of drug-likeness (QED) is 0.591. The van der Waals surface area contributed by atoms with Gasteiger partial charge in [0.15, 0.2) is 0 Å². The Morgan fingerprint density at radius 3 is 2.70 bits per heavy atom. The molecule has 0 bridgehead atoms. The number of carboxylic acid groups (broad SMARTS) is 1. The molecule has 0 aromatic heterocycles. The van der Waals surface area contributed by atoms with E-state index in [2.05, 4.69) is 24.5 Å². The maximum Gasteiger partial charge on any atom is 0.315 e. The van der Waals surface area contributed by atoms with E-state index in [1.807, 2.05) is 0 Å². The van der Waals surface area contributed by atoms with Crippen molar-refractivity contribution >= 4 is 12.0 Å². The van der Waals surface area contributed by atoms with Crippen molar-refractivity contribution in [2.24, 2.45) is 11.8 Å². The molecule has 20 heavy (non-hydrogen) atoms. The molecule has 1 saturated carbocycles. The standard InChI is InChI=1S/C14H26N2O4/c1-10(2)9-20-7-3-6-15-14(19)16-12-5-4-11(8-12)13(17)18/h10-12H,3-9H2,1-2H3,(H,17,18)(H2,15,16,19)/t11-,12+/m1/s1. The second kappa shape index (κ2) is 8.79. The van der Waals surface area contributed by atoms with Gasteiger partial charge in [-0.05, 0) is 31.6 Å². The van der Waals surface area contributed by atoms with Crippen LogP contribution in [-0.4, -0.2) is 42.9 Å². The second-order valence-electron chi connectivity index (χ2n) is 5.77. The fourth-order valence-corrected chi connectivity index (χ4v) is 2.27. The summed E-state index contributed by atoms with van der Waals surface area (Å²) in [6.07, 6.45) is 2.69. The molecule has 0 heterocycles. The Bertz CT molecular complexity index is 320. The van der Waals surface area contributed by atoms with Crippen LogP contribution in [0.4, 0.5) is 4.79 Å². The zero-order valence-electron chi connectivity index (χ0n) is 12.4. The molecule has 3 N–H and O–H groups in total. The van der Waals surface area contributed by atoms with E-state index in [0.29, 0.717) is 31.9 Å². The molecular formula is C14H26N2O4. The molecule has 1 rings (SSSR count). The SMILES string of the molecule is CC(C)COCCCNC(=O)N[C@H]1CC[C@@H](C(=O)O)C1. The third-order valence-electron chi connectivity index (χ3n) is 3.32. The van der Waals surface area contributed by atoms with Crippen LogP contribution < -0.4 is 10.6 Å². The van der Waals surface area contributed by atoms with E-state index < -0.39 is 5.97 Å². The fourth-order valence-electron chi connectivity index (χ4n) is 2.27. The maximum atomic E-state index is 11.6. The van der Waals surface area contributed by atoms with Gasteiger partial charge in [-0.1, -0.05) is 13.8 Å². The molecule has 0 aromatic rings. The highest BCUT2D eigenvalue weighted by atomic mass is 16.5. The van der Waals surface area contributed by atoms with E-state index in [0.717, 1.165) is 19.4 Å². The highest BCUT2D eigenvalue weighted by Crippen LogP contribution is 2.25. The Kier molecular flexibility index (Phi) is 7.36. The van der Waals surface area contributed by atoms with Gasteiger partial charge in [0, 0.05) is 25.8 Å². The lowest BCUT2D eigenvalue weighted by molar-refractivity contribution is -0.141. The number of carboxylic acids is 1. The molecule has 6 nitrogen and oxygen atoms in total. The number of rotatable bonds is 8. The Balaban J connectivity index is 2.02. The summed E-state index contributed by atoms with van der Waals surface area (Å²) in [4.78, 5) is 22.4. The summed E-state index contributed by atoms with van der Waals surface area (Å²) in [5, 5.41) is 14.5. The highest BCUT2D eigenvalue weighted by molar-refractivity contribution is 5.75. The Hall–Kier alpha value is -1.30. The lowest BCUT2D eigenvalue weighted by Gasteiger charge is -2.13. The first-order valence-corrected chi connectivity index (χ1v) is 7.34. The average molecular weight is 286 g/mol. The van der Waals surface area contributed by atoms with E-state index in [1.165, 1.54) is 0 Å². The average Bonchev–Trinajstić information content (AvgIpc) is 2.81. The molecule has 0 saturated heterocycles. The molecule has 2 amide bonds. The third kappa shape index (κ3) is 6.75. The molecule has 0 aromatic carbocycles. The predicted octanol–water partition coefficient (Wildman–Crippen LogP) is 1.60. The summed E-state index contributed by atoms with van der Waals surface area (Å²) in [7, 11) is 0. The maximum absolute atomic E-state index is 11.6. The smallest absolute Gasteiger partial charge is 0.315 e. The molecule has 0 spiro atoms. The van der Waals surface area contributed by atoms with Crippen LogP contribution in [0.5, 0.6) is 0 Å². The van der Waals surface area contributed by atoms with Gasteiger partial charge in [-0.2, -0.15) is 0 Å². The minimum atomic E-state index is -0.767. The van der Waals surface area contributed by atoms with Crippen molar-refractivity contribution in [3.63, 3.8) is 0 Å². The molecule has 1 aliphatic rings. The van der Waals surface area contributed by atoms with Crippen LogP contribution in [0.15, 0.2) is 0 Å². The number of nitrogens with one attached hydrogen (secondary N) is 2. The van der Waals surface area contributed by atoms with E-state index in [-0.39, 0.29) is 18.0 Å². The van der Waals surface area contributed by atoms with Crippen LogP contribution in [0.3, 0.4) is 0 Å². The van der Waals surface area contributed by atoms with E-state index in [9.17, 15) is 9.59 Å². The molecular weight excluding hydrogens is 260 g/mol. The van der Waals surface area contributed by atoms with Gasteiger partial charge < -0.3 is 20.5 Å². The highest BCUT2D eigenvalue weighted by Gasteiger charge is 2.30. The van der Waals surface area contributed by atoms with Crippen molar-refractivity contribution in [1.82, 2.24) is 10.6 Å². The van der Waals surface area contributed by atoms with Crippen molar-refractivity contribution < 1.29 is 19.4 Å². The van der Waals surface area contributed by atoms with Crippen molar-refractivity contribution in [1.29, 1.82) is 0 Å². The molecule has 1 aliphatic carbocycles. The molecule has 2 atom stereocenters. The van der Waals surface area contributed by atoms with Crippen molar-refractivity contribution in [2.45, 2.75) is 45.6 Å². The van der Waals surface area contributed by atoms with Crippen LogP contribution in [0.1, 0.15) is 39.5 Å². The summed E-state index contributed by atoms with van der Waals surface area (Å²) in [5.41, 5.74) is 0. The summed E-state index contributed by atoms with van der Waals surface area (Å²) in [5.74, 6) is -0.558. The van der Waals surface area contributed by atoms with Gasteiger partial charge in [0.05, 0.1) is 5.92 Å². The number of hydrogen-bond donors (Lipinski definition) is 3. The van der Waals surface area contributed by atoms with Gasteiger partial charge >= 0.3 is 12.0 Å². The fraction of sp³-hybridized carbons (Fsp3) is 0.857. The minimum Gasteiger partial charge on any atom is -0.481 e. The zero-order valence-corrected chi connectivity index (χ0v) is 12.4. The van der Waals surface area contributed by atoms with E-state index >= 15 is 0 Å². The number of amides is 2. The van der Waals surface area contributed by atoms with Gasteiger partial charge in [-0.15, -0.1) is 0 Å². The lowest BCUT2D eigenvalue weighted by Crippen LogP contribution is -2.41. The Morgan fingerprint density at radius 1 is 1.35 bits per heavy atom. The van der Waals surface area contributed by atoms with Gasteiger partial charge in [0.1, 0.15) is 0 Å². The number of carbonyl (C=O) groups is 2. The first-order chi connectivity index (χ1) is 9.49. The molecule has 6 heteroatoms. The number of carbonyl (C=O) groups excluding carboxylic acids is 1. The van der Waals surface area contributed by atoms with Crippen LogP contribution >= 0.6 is 0 Å². The largest absolute Gasteiger partial charge is 0.481 e. The molecule has 0 unspecified atom stereocenters. The van der Waals surface area contributed by atoms with E-state index in [1.54, 1.807) is 0 Å². The van der Waals surface area contributed by atoms with E-state index in [4.69, 9.17) is 9.84 Å². The summed E-state index contributed by atoms with van der Waals surface area (Å²) in [6.45, 7) is 6.14. The Labute approximate surface area is 120 Å². The lowest BCUT2D eigenvalue weighted by atomic mass is 10.1. The molecule has 116 valence electrons. The van der Waals surface area contributed by atoms with Crippen LogP contribution in [0, 0.1) is 11.8 Å². The van der Waals surface area contributed by atoms with Crippen LogP contribution in [0.25, 0.3) is 0 Å². The normalized spacial score (nSPS) is 21.9. The molecule has 0 radical (unpaired) electrons. The van der Waals surface area contributed by atoms with Crippen molar-refractivity contribution in [3.8, 4) is 0 Å². The monoisotopic (exact) mass is 286 g/mol. The topological polar surface area (TPSA) is 87.7 Å². The first-order valence-electron chi connectivity index (χ1n) is 7.34. The zero-order chi connectivity index (χ0) is 15.0. The number of aliphatic carboxylic acids is 1. The number of urea groups is 1.